The van der Waals surface area contributed by atoms with Gasteiger partial charge in [0, 0.05) is 0 Å². The predicted octanol–water partition coefficient (Wildman–Crippen LogP) is 2.81. The Balaban J connectivity index is 2.52. The zero-order valence-corrected chi connectivity index (χ0v) is 9.52. The summed E-state index contributed by atoms with van der Waals surface area (Å²) in [4.78, 5) is 0.487. The third-order valence-corrected chi connectivity index (χ3v) is 3.69. The Morgan fingerprint density at radius 2 is 1.79 bits per heavy atom. The molecule has 0 heterocycles. The van der Waals surface area contributed by atoms with Gasteiger partial charge in [-0.3, -0.25) is 0 Å². The van der Waals surface area contributed by atoms with Gasteiger partial charge < -0.3 is 0 Å². The van der Waals surface area contributed by atoms with Crippen molar-refractivity contribution < 1.29 is 0 Å². The molecule has 0 aliphatic heterocycles. The molecule has 0 amide bonds. The van der Waals surface area contributed by atoms with Crippen LogP contribution < -0.4 is 0 Å². The van der Waals surface area contributed by atoms with Crippen LogP contribution in [-0.2, 0) is 0 Å². The average molecular weight is 245 g/mol. The summed E-state index contributed by atoms with van der Waals surface area (Å²) >= 11 is 2.72. The number of allylic oxidation sites excluding steroid dienone is 1. The Bertz CT molecular complexity index is 520. The Kier molecular flexibility index (Phi) is 1.76. The van der Waals surface area contributed by atoms with Crippen molar-refractivity contribution in [1.29, 1.82) is 0 Å². The molecular weight excluding hydrogens is 235 g/mol. The van der Waals surface area contributed by atoms with E-state index in [0.717, 1.165) is 0 Å². The molecule has 1 aliphatic carbocycles. The molecule has 0 fully saturated rings. The summed E-state index contributed by atoms with van der Waals surface area (Å²) in [6, 6.07) is 13.0. The molecule has 1 atom stereocenters. The molecule has 0 saturated heterocycles. The minimum atomic E-state index is 0.487. The van der Waals surface area contributed by atoms with E-state index < -0.39 is 0 Å². The van der Waals surface area contributed by atoms with E-state index >= 15 is 0 Å². The molecule has 0 spiro atoms. The summed E-state index contributed by atoms with van der Waals surface area (Å²) in [7, 11) is 0. The number of rotatable bonds is 0. The molecule has 1 aliphatic rings. The third-order valence-electron chi connectivity index (χ3n) is 2.75. The molecule has 0 nitrogen and oxygen atoms in total. The van der Waals surface area contributed by atoms with Crippen LogP contribution in [0, 0.1) is 0 Å². The van der Waals surface area contributed by atoms with Crippen molar-refractivity contribution >= 4 is 32.9 Å². The first-order chi connectivity index (χ1) is 6.86. The number of hydrogen-bond acceptors (Lipinski definition) is 0. The molecule has 14 heavy (non-hydrogen) atoms. The Labute approximate surface area is 91.4 Å². The van der Waals surface area contributed by atoms with Gasteiger partial charge in [-0.1, -0.05) is 0 Å². The molecule has 0 aromatic heterocycles. The zero-order chi connectivity index (χ0) is 9.54. The number of hydrogen-bond donors (Lipinski definition) is 0. The summed E-state index contributed by atoms with van der Waals surface area (Å²) in [5.74, 6) is 0. The van der Waals surface area contributed by atoms with Crippen molar-refractivity contribution in [2.45, 2.75) is 4.82 Å². The van der Waals surface area contributed by atoms with E-state index in [2.05, 4.69) is 64.6 Å². The van der Waals surface area contributed by atoms with Gasteiger partial charge in [-0.15, -0.1) is 0 Å². The standard InChI is InChI=1S/C13H10Se/c14-12-8-7-10-4-1-3-9-5-2-6-11(12)13(9)10/h1-8,12,14H. The van der Waals surface area contributed by atoms with Gasteiger partial charge in [0.25, 0.3) is 0 Å². The van der Waals surface area contributed by atoms with Crippen molar-refractivity contribution in [2.75, 3.05) is 0 Å². The summed E-state index contributed by atoms with van der Waals surface area (Å²) in [5, 5.41) is 2.77. The van der Waals surface area contributed by atoms with E-state index in [9.17, 15) is 0 Å². The van der Waals surface area contributed by atoms with Crippen LogP contribution in [0.2, 0.25) is 0 Å². The van der Waals surface area contributed by atoms with Gasteiger partial charge in [0.2, 0.25) is 0 Å². The van der Waals surface area contributed by atoms with Gasteiger partial charge in [-0.05, 0) is 0 Å². The second kappa shape index (κ2) is 2.98. The summed E-state index contributed by atoms with van der Waals surface area (Å²) in [5.41, 5.74) is 2.78. The average Bonchev–Trinajstić information content (AvgIpc) is 2.24. The molecule has 68 valence electrons. The quantitative estimate of drug-likeness (QED) is 0.626. The second-order valence-corrected chi connectivity index (χ2v) is 4.76. The van der Waals surface area contributed by atoms with Crippen LogP contribution in [0.15, 0.2) is 42.5 Å². The van der Waals surface area contributed by atoms with Crippen molar-refractivity contribution in [1.82, 2.24) is 0 Å². The first kappa shape index (κ1) is 8.28. The molecule has 1 heteroatoms. The molecule has 0 radical (unpaired) electrons. The van der Waals surface area contributed by atoms with E-state index in [0.29, 0.717) is 4.82 Å². The van der Waals surface area contributed by atoms with Gasteiger partial charge in [-0.2, -0.15) is 0 Å². The van der Waals surface area contributed by atoms with Crippen LogP contribution in [0.25, 0.3) is 16.8 Å². The number of benzene rings is 2. The third kappa shape index (κ3) is 1.06. The summed E-state index contributed by atoms with van der Waals surface area (Å²) in [6.07, 6.45) is 4.47. The van der Waals surface area contributed by atoms with Crippen LogP contribution in [0.1, 0.15) is 15.9 Å². The maximum atomic E-state index is 2.72. The Morgan fingerprint density at radius 3 is 2.64 bits per heavy atom. The van der Waals surface area contributed by atoms with Crippen LogP contribution in [0.5, 0.6) is 0 Å². The zero-order valence-electron chi connectivity index (χ0n) is 7.64. The van der Waals surface area contributed by atoms with E-state index in [-0.39, 0.29) is 0 Å². The molecule has 0 saturated carbocycles. The Hall–Kier alpha value is -1.04. The van der Waals surface area contributed by atoms with Crippen LogP contribution >= 0.6 is 0 Å². The molecule has 1 unspecified atom stereocenters. The van der Waals surface area contributed by atoms with Gasteiger partial charge in [0.1, 0.15) is 0 Å². The van der Waals surface area contributed by atoms with Crippen LogP contribution in [0.3, 0.4) is 0 Å². The van der Waals surface area contributed by atoms with E-state index in [4.69, 9.17) is 0 Å². The molecular formula is C13H10Se. The van der Waals surface area contributed by atoms with Gasteiger partial charge in [-0.25, -0.2) is 0 Å². The van der Waals surface area contributed by atoms with E-state index in [1.807, 2.05) is 0 Å². The van der Waals surface area contributed by atoms with Gasteiger partial charge in [0.15, 0.2) is 0 Å². The first-order valence-electron chi connectivity index (χ1n) is 4.74. The molecule has 3 rings (SSSR count). The van der Waals surface area contributed by atoms with Crippen molar-refractivity contribution in [3.63, 3.8) is 0 Å². The molecule has 2 aromatic carbocycles. The summed E-state index contributed by atoms with van der Waals surface area (Å²) in [6.45, 7) is 0. The topological polar surface area (TPSA) is 0 Å². The van der Waals surface area contributed by atoms with Crippen molar-refractivity contribution in [3.8, 4) is 0 Å². The van der Waals surface area contributed by atoms with Gasteiger partial charge >= 0.3 is 91.3 Å². The SMILES string of the molecule is [SeH]C1C=Cc2cccc3cccc1c23. The Morgan fingerprint density at radius 1 is 1.00 bits per heavy atom. The monoisotopic (exact) mass is 246 g/mol. The van der Waals surface area contributed by atoms with Crippen LogP contribution in [-0.4, -0.2) is 16.0 Å². The van der Waals surface area contributed by atoms with E-state index in [1.54, 1.807) is 0 Å². The molecule has 0 N–H and O–H groups in total. The van der Waals surface area contributed by atoms with Crippen molar-refractivity contribution in [3.05, 3.63) is 53.6 Å². The molecule has 0 bridgehead atoms. The maximum absolute atomic E-state index is 2.72. The fourth-order valence-electron chi connectivity index (χ4n) is 2.08. The fraction of sp³-hybridized carbons (Fsp3) is 0.0769. The van der Waals surface area contributed by atoms with E-state index in [1.165, 1.54) is 21.9 Å². The second-order valence-electron chi connectivity index (χ2n) is 3.60. The predicted molar refractivity (Wildman–Crippen MR) is 62.9 cm³/mol. The van der Waals surface area contributed by atoms with Crippen LogP contribution in [0.4, 0.5) is 0 Å². The van der Waals surface area contributed by atoms with Crippen molar-refractivity contribution in [2.24, 2.45) is 0 Å². The molecule has 2 aromatic rings. The fourth-order valence-corrected chi connectivity index (χ4v) is 2.72. The minimum absolute atomic E-state index is 0.487. The first-order valence-corrected chi connectivity index (χ1v) is 5.82. The van der Waals surface area contributed by atoms with Gasteiger partial charge in [0.05, 0.1) is 0 Å². The normalized spacial score (nSPS) is 18.8. The summed E-state index contributed by atoms with van der Waals surface area (Å²) < 4.78 is 0.